The first-order chi connectivity index (χ1) is 13.4. The van der Waals surface area contributed by atoms with E-state index < -0.39 is 6.10 Å². The number of hydrogen-bond acceptors (Lipinski definition) is 6. The molecule has 0 unspecified atom stereocenters. The van der Waals surface area contributed by atoms with Crippen LogP contribution in [0, 0.1) is 20.8 Å². The molecule has 2 saturated heterocycles. The lowest BCUT2D eigenvalue weighted by Crippen LogP contribution is -2.44. The highest BCUT2D eigenvalue weighted by Gasteiger charge is 2.47. The summed E-state index contributed by atoms with van der Waals surface area (Å²) in [6.07, 6.45) is 0.693. The van der Waals surface area contributed by atoms with Crippen LogP contribution >= 0.6 is 0 Å². The van der Waals surface area contributed by atoms with Crippen LogP contribution in [-0.4, -0.2) is 60.2 Å². The summed E-state index contributed by atoms with van der Waals surface area (Å²) in [7, 11) is 0. The van der Waals surface area contributed by atoms with Crippen LogP contribution in [0.1, 0.15) is 22.3 Å². The van der Waals surface area contributed by atoms with Crippen LogP contribution in [0.4, 0.5) is 0 Å². The molecule has 4 atom stereocenters. The SMILES string of the molecule is Cc1cc(C)c2c(CC(=O)N[C@@H]3CO[C@H]4[C@@H]3OC[C@H]4O)coc2c1C.O=CO. The van der Waals surface area contributed by atoms with E-state index >= 15 is 0 Å². The van der Waals surface area contributed by atoms with Crippen LogP contribution in [0.3, 0.4) is 0 Å². The maximum absolute atomic E-state index is 12.5. The van der Waals surface area contributed by atoms with Crippen molar-refractivity contribution < 1.29 is 33.7 Å². The molecule has 1 aromatic carbocycles. The minimum absolute atomic E-state index is 0.0976. The van der Waals surface area contributed by atoms with E-state index in [4.69, 9.17) is 23.8 Å². The van der Waals surface area contributed by atoms with Gasteiger partial charge in [-0.25, -0.2) is 0 Å². The maximum atomic E-state index is 12.5. The summed E-state index contributed by atoms with van der Waals surface area (Å²) in [6, 6.07) is 1.90. The average molecular weight is 391 g/mol. The first-order valence-corrected chi connectivity index (χ1v) is 9.12. The van der Waals surface area contributed by atoms with E-state index in [1.807, 2.05) is 13.8 Å². The number of carboxylic acid groups (broad SMARTS) is 1. The molecule has 2 fully saturated rings. The predicted octanol–water partition coefficient (Wildman–Crippen LogP) is 1.24. The number of carbonyl (C=O) groups is 2. The third-order valence-electron chi connectivity index (χ3n) is 5.35. The summed E-state index contributed by atoms with van der Waals surface area (Å²) in [5, 5.41) is 20.7. The Morgan fingerprint density at radius 3 is 2.61 bits per heavy atom. The molecule has 3 N–H and O–H groups in total. The fraction of sp³-hybridized carbons (Fsp3) is 0.500. The molecular formula is C20H25NO7. The van der Waals surface area contributed by atoms with Gasteiger partial charge in [0.2, 0.25) is 5.91 Å². The van der Waals surface area contributed by atoms with Gasteiger partial charge in [-0.2, -0.15) is 0 Å². The third-order valence-corrected chi connectivity index (χ3v) is 5.35. The van der Waals surface area contributed by atoms with E-state index in [-0.39, 0.29) is 43.7 Å². The van der Waals surface area contributed by atoms with Crippen molar-refractivity contribution in [3.05, 3.63) is 34.6 Å². The van der Waals surface area contributed by atoms with Crippen molar-refractivity contribution >= 4 is 23.3 Å². The number of fused-ring (bicyclic) bond motifs is 2. The maximum Gasteiger partial charge on any atom is 0.290 e. The molecule has 8 nitrogen and oxygen atoms in total. The predicted molar refractivity (Wildman–Crippen MR) is 100 cm³/mol. The summed E-state index contributed by atoms with van der Waals surface area (Å²) in [4.78, 5) is 20.9. The lowest BCUT2D eigenvalue weighted by molar-refractivity contribution is -0.123. The number of benzene rings is 1. The highest BCUT2D eigenvalue weighted by atomic mass is 16.6. The molecule has 8 heteroatoms. The summed E-state index contributed by atoms with van der Waals surface area (Å²) in [5.74, 6) is -0.0976. The molecule has 1 amide bonds. The van der Waals surface area contributed by atoms with Crippen LogP contribution < -0.4 is 5.32 Å². The Balaban J connectivity index is 0.000000706. The molecule has 152 valence electrons. The standard InChI is InChI=1S/C19H23NO5.CH2O2/c1-9-4-10(2)16-12(6-23-17(16)11(9)3)5-15(22)20-13-7-24-19-14(21)8-25-18(13)19;2-1-3/h4,6,13-14,18-19,21H,5,7-8H2,1-3H3,(H,20,22);1H,(H,2,3)/t13-,14-,18-,19-;/m1./s1. The second-order valence-corrected chi connectivity index (χ2v) is 7.22. The Hall–Kier alpha value is -2.42. The van der Waals surface area contributed by atoms with Gasteiger partial charge >= 0.3 is 0 Å². The summed E-state index contributed by atoms with van der Waals surface area (Å²) in [5.41, 5.74) is 5.14. The van der Waals surface area contributed by atoms with Crippen LogP contribution in [0.2, 0.25) is 0 Å². The van der Waals surface area contributed by atoms with Gasteiger partial charge in [0.1, 0.15) is 23.9 Å². The number of aliphatic hydroxyl groups is 1. The number of hydrogen-bond donors (Lipinski definition) is 3. The number of nitrogens with one attached hydrogen (secondary N) is 1. The molecule has 0 saturated carbocycles. The smallest absolute Gasteiger partial charge is 0.290 e. The van der Waals surface area contributed by atoms with Crippen molar-refractivity contribution in [3.8, 4) is 0 Å². The Bertz CT molecular complexity index is 875. The van der Waals surface area contributed by atoms with Crippen molar-refractivity contribution in [3.63, 3.8) is 0 Å². The van der Waals surface area contributed by atoms with E-state index in [2.05, 4.69) is 18.3 Å². The number of ether oxygens (including phenoxy) is 2. The highest BCUT2D eigenvalue weighted by molar-refractivity contribution is 5.92. The van der Waals surface area contributed by atoms with Gasteiger partial charge < -0.3 is 29.4 Å². The van der Waals surface area contributed by atoms with E-state index in [0.717, 1.165) is 27.7 Å². The number of amides is 1. The van der Waals surface area contributed by atoms with E-state index in [1.165, 1.54) is 5.56 Å². The molecule has 4 rings (SSSR count). The Morgan fingerprint density at radius 1 is 1.21 bits per heavy atom. The van der Waals surface area contributed by atoms with Crippen molar-refractivity contribution in [2.45, 2.75) is 51.5 Å². The van der Waals surface area contributed by atoms with Crippen molar-refractivity contribution in [1.29, 1.82) is 0 Å². The molecule has 0 spiro atoms. The van der Waals surface area contributed by atoms with Gasteiger partial charge in [0.15, 0.2) is 0 Å². The summed E-state index contributed by atoms with van der Waals surface area (Å²) < 4.78 is 16.8. The van der Waals surface area contributed by atoms with E-state index in [9.17, 15) is 9.90 Å². The molecule has 28 heavy (non-hydrogen) atoms. The van der Waals surface area contributed by atoms with Gasteiger partial charge in [0.05, 0.1) is 31.9 Å². The Morgan fingerprint density at radius 2 is 1.89 bits per heavy atom. The number of rotatable bonds is 3. The lowest BCUT2D eigenvalue weighted by atomic mass is 9.98. The average Bonchev–Trinajstić information content (AvgIpc) is 3.32. The normalized spacial score (nSPS) is 25.9. The van der Waals surface area contributed by atoms with Gasteiger partial charge in [-0.05, 0) is 37.5 Å². The zero-order valence-corrected chi connectivity index (χ0v) is 16.1. The van der Waals surface area contributed by atoms with Crippen molar-refractivity contribution in [1.82, 2.24) is 5.32 Å². The van der Waals surface area contributed by atoms with Crippen LogP contribution in [0.25, 0.3) is 11.0 Å². The quantitative estimate of drug-likeness (QED) is 0.674. The topological polar surface area (TPSA) is 118 Å². The summed E-state index contributed by atoms with van der Waals surface area (Å²) >= 11 is 0. The Kier molecular flexibility index (Phi) is 6.02. The van der Waals surface area contributed by atoms with Crippen molar-refractivity contribution in [2.75, 3.05) is 13.2 Å². The first kappa shape index (κ1) is 20.3. The van der Waals surface area contributed by atoms with Gasteiger partial charge in [0, 0.05) is 10.9 Å². The third kappa shape index (κ3) is 3.76. The molecule has 2 aromatic rings. The lowest BCUT2D eigenvalue weighted by Gasteiger charge is -2.17. The first-order valence-electron chi connectivity index (χ1n) is 9.12. The van der Waals surface area contributed by atoms with Crippen LogP contribution in [0.15, 0.2) is 16.7 Å². The number of aryl methyl sites for hydroxylation is 3. The number of aliphatic hydroxyl groups excluding tert-OH is 1. The summed E-state index contributed by atoms with van der Waals surface area (Å²) in [6.45, 7) is 6.49. The van der Waals surface area contributed by atoms with Gasteiger partial charge in [0.25, 0.3) is 6.47 Å². The van der Waals surface area contributed by atoms with Gasteiger partial charge in [-0.3, -0.25) is 9.59 Å². The largest absolute Gasteiger partial charge is 0.483 e. The van der Waals surface area contributed by atoms with Crippen molar-refractivity contribution in [2.24, 2.45) is 0 Å². The van der Waals surface area contributed by atoms with Crippen LogP contribution in [0.5, 0.6) is 0 Å². The van der Waals surface area contributed by atoms with Gasteiger partial charge in [-0.1, -0.05) is 6.07 Å². The molecule has 2 aliphatic heterocycles. The Labute approximate surface area is 162 Å². The second-order valence-electron chi connectivity index (χ2n) is 7.22. The molecule has 1 aromatic heterocycles. The van der Waals surface area contributed by atoms with Gasteiger partial charge in [-0.15, -0.1) is 0 Å². The molecule has 0 radical (unpaired) electrons. The highest BCUT2D eigenvalue weighted by Crippen LogP contribution is 2.31. The molecule has 3 heterocycles. The molecule has 0 aliphatic carbocycles. The molecule has 0 bridgehead atoms. The number of furan rings is 1. The fourth-order valence-corrected chi connectivity index (χ4v) is 3.95. The number of carbonyl (C=O) groups excluding carboxylic acids is 1. The van der Waals surface area contributed by atoms with E-state index in [0.29, 0.717) is 6.61 Å². The minimum Gasteiger partial charge on any atom is -0.483 e. The van der Waals surface area contributed by atoms with Crippen LogP contribution in [-0.2, 0) is 25.5 Å². The zero-order chi connectivity index (χ0) is 20.4. The zero-order valence-electron chi connectivity index (χ0n) is 16.1. The minimum atomic E-state index is -0.612. The molecular weight excluding hydrogens is 366 g/mol. The second kappa shape index (κ2) is 8.30. The van der Waals surface area contributed by atoms with E-state index in [1.54, 1.807) is 6.26 Å². The fourth-order valence-electron chi connectivity index (χ4n) is 3.95. The molecule has 2 aliphatic rings. The monoisotopic (exact) mass is 391 g/mol.